The molecule has 0 amide bonds. The molecule has 3 aromatic rings. The highest BCUT2D eigenvalue weighted by molar-refractivity contribution is 5.85. The third kappa shape index (κ3) is 2.02. The standard InChI is InChI=1S/C16H11N3O/c17-10-11-4-1-8-15(16(11)18)20-14-7-2-6-13-12(14)5-3-9-19-13/h1-9H,18H2. The molecule has 0 aliphatic rings. The van der Waals surface area contributed by atoms with Gasteiger partial charge in [-0.05, 0) is 36.4 Å². The first kappa shape index (κ1) is 12.0. The molecule has 1 aromatic heterocycles. The van der Waals surface area contributed by atoms with E-state index in [0.717, 1.165) is 10.9 Å². The summed E-state index contributed by atoms with van der Waals surface area (Å²) in [5.74, 6) is 1.14. The topological polar surface area (TPSA) is 71.9 Å². The normalized spacial score (nSPS) is 10.2. The third-order valence-electron chi connectivity index (χ3n) is 3.01. The molecule has 0 atom stereocenters. The summed E-state index contributed by atoms with van der Waals surface area (Å²) in [6.45, 7) is 0. The second-order valence-corrected chi connectivity index (χ2v) is 4.26. The van der Waals surface area contributed by atoms with Crippen LogP contribution < -0.4 is 10.5 Å². The molecule has 0 fully saturated rings. The van der Waals surface area contributed by atoms with E-state index >= 15 is 0 Å². The molecule has 3 rings (SSSR count). The van der Waals surface area contributed by atoms with Crippen LogP contribution in [-0.2, 0) is 0 Å². The Hall–Kier alpha value is -3.06. The zero-order valence-corrected chi connectivity index (χ0v) is 10.6. The van der Waals surface area contributed by atoms with Crippen LogP contribution in [0.3, 0.4) is 0 Å². The average Bonchev–Trinajstić information content (AvgIpc) is 2.50. The predicted molar refractivity (Wildman–Crippen MR) is 77.4 cm³/mol. The van der Waals surface area contributed by atoms with Crippen LogP contribution in [0.1, 0.15) is 5.56 Å². The van der Waals surface area contributed by atoms with Crippen LogP contribution >= 0.6 is 0 Å². The van der Waals surface area contributed by atoms with Crippen LogP contribution in [0.4, 0.5) is 5.69 Å². The van der Waals surface area contributed by atoms with Gasteiger partial charge in [-0.15, -0.1) is 0 Å². The van der Waals surface area contributed by atoms with Crippen molar-refractivity contribution in [3.63, 3.8) is 0 Å². The van der Waals surface area contributed by atoms with Crippen molar-refractivity contribution >= 4 is 16.6 Å². The molecule has 4 heteroatoms. The van der Waals surface area contributed by atoms with Crippen LogP contribution in [0.25, 0.3) is 10.9 Å². The molecule has 2 aromatic carbocycles. The number of pyridine rings is 1. The maximum Gasteiger partial charge on any atom is 0.151 e. The number of nitrogens with zero attached hydrogens (tertiary/aromatic N) is 2. The molecule has 2 N–H and O–H groups in total. The molecule has 1 heterocycles. The van der Waals surface area contributed by atoms with E-state index in [1.165, 1.54) is 0 Å². The van der Waals surface area contributed by atoms with E-state index in [9.17, 15) is 0 Å². The van der Waals surface area contributed by atoms with Crippen molar-refractivity contribution in [3.05, 3.63) is 60.3 Å². The summed E-state index contributed by atoms with van der Waals surface area (Å²) in [7, 11) is 0. The predicted octanol–water partition coefficient (Wildman–Crippen LogP) is 3.48. The second-order valence-electron chi connectivity index (χ2n) is 4.26. The number of anilines is 1. The maximum absolute atomic E-state index is 8.99. The lowest BCUT2D eigenvalue weighted by atomic mass is 10.1. The average molecular weight is 261 g/mol. The van der Waals surface area contributed by atoms with Crippen LogP contribution in [0, 0.1) is 11.3 Å². The molecule has 0 aliphatic heterocycles. The Labute approximate surface area is 116 Å². The van der Waals surface area contributed by atoms with Gasteiger partial charge in [0, 0.05) is 11.6 Å². The van der Waals surface area contributed by atoms with Gasteiger partial charge in [0.05, 0.1) is 16.8 Å². The third-order valence-corrected chi connectivity index (χ3v) is 3.01. The molecular formula is C16H11N3O. The molecule has 96 valence electrons. The molecule has 4 nitrogen and oxygen atoms in total. The second kappa shape index (κ2) is 4.90. The number of para-hydroxylation sites is 1. The summed E-state index contributed by atoms with van der Waals surface area (Å²) >= 11 is 0. The highest BCUT2D eigenvalue weighted by Crippen LogP contribution is 2.33. The smallest absolute Gasteiger partial charge is 0.151 e. The van der Waals surface area contributed by atoms with Gasteiger partial charge in [0.1, 0.15) is 11.8 Å². The fraction of sp³-hybridized carbons (Fsp3) is 0. The van der Waals surface area contributed by atoms with Crippen molar-refractivity contribution < 1.29 is 4.74 Å². The zero-order chi connectivity index (χ0) is 13.9. The van der Waals surface area contributed by atoms with Crippen LogP contribution in [0.15, 0.2) is 54.7 Å². The first-order chi connectivity index (χ1) is 9.79. The van der Waals surface area contributed by atoms with Gasteiger partial charge in [-0.2, -0.15) is 5.26 Å². The number of rotatable bonds is 2. The van der Waals surface area contributed by atoms with Crippen LogP contribution in [0.2, 0.25) is 0 Å². The van der Waals surface area contributed by atoms with Gasteiger partial charge in [-0.3, -0.25) is 4.98 Å². The van der Waals surface area contributed by atoms with Gasteiger partial charge in [-0.1, -0.05) is 12.1 Å². The Morgan fingerprint density at radius 3 is 2.65 bits per heavy atom. The number of ether oxygens (including phenoxy) is 1. The lowest BCUT2D eigenvalue weighted by molar-refractivity contribution is 0.490. The Bertz CT molecular complexity index is 816. The van der Waals surface area contributed by atoms with E-state index < -0.39 is 0 Å². The van der Waals surface area contributed by atoms with Gasteiger partial charge >= 0.3 is 0 Å². The summed E-state index contributed by atoms with van der Waals surface area (Å²) in [4.78, 5) is 4.28. The molecule has 0 aliphatic carbocycles. The van der Waals surface area contributed by atoms with Crippen molar-refractivity contribution in [1.29, 1.82) is 5.26 Å². The highest BCUT2D eigenvalue weighted by Gasteiger charge is 2.08. The summed E-state index contributed by atoms with van der Waals surface area (Å²) in [6.07, 6.45) is 1.73. The first-order valence-corrected chi connectivity index (χ1v) is 6.10. The SMILES string of the molecule is N#Cc1cccc(Oc2cccc3ncccc23)c1N. The number of hydrogen-bond donors (Lipinski definition) is 1. The number of hydrogen-bond acceptors (Lipinski definition) is 4. The van der Waals surface area contributed by atoms with Crippen LogP contribution in [-0.4, -0.2) is 4.98 Å². The van der Waals surface area contributed by atoms with E-state index in [0.29, 0.717) is 22.7 Å². The number of nitrogens with two attached hydrogens (primary N) is 1. The quantitative estimate of drug-likeness (QED) is 0.717. The van der Waals surface area contributed by atoms with Crippen molar-refractivity contribution in [1.82, 2.24) is 4.98 Å². The number of aromatic nitrogens is 1. The molecule has 0 spiro atoms. The lowest BCUT2D eigenvalue weighted by Crippen LogP contribution is -1.95. The van der Waals surface area contributed by atoms with E-state index in [1.54, 1.807) is 24.4 Å². The summed E-state index contributed by atoms with van der Waals surface area (Å²) < 4.78 is 5.85. The van der Waals surface area contributed by atoms with E-state index in [1.807, 2.05) is 36.4 Å². The Kier molecular flexibility index (Phi) is 2.94. The monoisotopic (exact) mass is 261 g/mol. The summed E-state index contributed by atoms with van der Waals surface area (Å²) in [5.41, 5.74) is 7.52. The van der Waals surface area contributed by atoms with E-state index in [-0.39, 0.29) is 0 Å². The van der Waals surface area contributed by atoms with Crippen molar-refractivity contribution in [3.8, 4) is 17.6 Å². The molecular weight excluding hydrogens is 250 g/mol. The minimum Gasteiger partial charge on any atom is -0.454 e. The largest absolute Gasteiger partial charge is 0.454 e. The lowest BCUT2D eigenvalue weighted by Gasteiger charge is -2.11. The summed E-state index contributed by atoms with van der Waals surface area (Å²) in [6, 6.07) is 16.6. The fourth-order valence-corrected chi connectivity index (χ4v) is 2.01. The minimum atomic E-state index is 0.343. The molecule has 20 heavy (non-hydrogen) atoms. The molecule has 0 unspecified atom stereocenters. The van der Waals surface area contributed by atoms with Gasteiger partial charge in [0.2, 0.25) is 0 Å². The zero-order valence-electron chi connectivity index (χ0n) is 10.6. The number of nitriles is 1. The Balaban J connectivity index is 2.09. The highest BCUT2D eigenvalue weighted by atomic mass is 16.5. The van der Waals surface area contributed by atoms with Gasteiger partial charge in [0.25, 0.3) is 0 Å². The number of fused-ring (bicyclic) bond motifs is 1. The molecule has 0 saturated heterocycles. The van der Waals surface area contributed by atoms with Crippen molar-refractivity contribution in [2.24, 2.45) is 0 Å². The van der Waals surface area contributed by atoms with E-state index in [4.69, 9.17) is 15.7 Å². The Morgan fingerprint density at radius 1 is 1.00 bits per heavy atom. The first-order valence-electron chi connectivity index (χ1n) is 6.10. The van der Waals surface area contributed by atoms with Gasteiger partial charge in [0.15, 0.2) is 5.75 Å². The maximum atomic E-state index is 8.99. The van der Waals surface area contributed by atoms with E-state index in [2.05, 4.69) is 4.98 Å². The van der Waals surface area contributed by atoms with Crippen molar-refractivity contribution in [2.75, 3.05) is 5.73 Å². The summed E-state index contributed by atoms with van der Waals surface area (Å²) in [5, 5.41) is 9.88. The van der Waals surface area contributed by atoms with Crippen LogP contribution in [0.5, 0.6) is 11.5 Å². The molecule has 0 radical (unpaired) electrons. The van der Waals surface area contributed by atoms with Gasteiger partial charge in [-0.25, -0.2) is 0 Å². The Morgan fingerprint density at radius 2 is 1.80 bits per heavy atom. The molecule has 0 saturated carbocycles. The number of nitrogen functional groups attached to an aromatic ring is 1. The molecule has 0 bridgehead atoms. The van der Waals surface area contributed by atoms with Crippen molar-refractivity contribution in [2.45, 2.75) is 0 Å². The fourth-order valence-electron chi connectivity index (χ4n) is 2.01. The number of benzene rings is 2. The van der Waals surface area contributed by atoms with Gasteiger partial charge < -0.3 is 10.5 Å². The minimum absolute atomic E-state index is 0.343.